The summed E-state index contributed by atoms with van der Waals surface area (Å²) in [4.78, 5) is 14.3. The maximum absolute atomic E-state index is 12.6. The normalized spacial score (nSPS) is 16.8. The standard InChI is InChI=1S/C21H26N2O5S/c1-16(18-6-4-3-5-7-18)22-29(25,26)20-10-8-19(9-11-20)28-17(2)21(24)23-12-14-27-15-13-23/h3-11,16-17,22H,12-15H2,1-2H3/t16-,17+/m1/s1. The van der Waals surface area contributed by atoms with Gasteiger partial charge in [-0.15, -0.1) is 0 Å². The summed E-state index contributed by atoms with van der Waals surface area (Å²) in [7, 11) is -3.68. The smallest absolute Gasteiger partial charge is 0.263 e. The number of hydrogen-bond acceptors (Lipinski definition) is 5. The van der Waals surface area contributed by atoms with E-state index in [1.807, 2.05) is 30.3 Å². The van der Waals surface area contributed by atoms with E-state index in [1.165, 1.54) is 12.1 Å². The number of nitrogens with zero attached hydrogens (tertiary/aromatic N) is 1. The lowest BCUT2D eigenvalue weighted by molar-refractivity contribution is -0.142. The molecule has 0 radical (unpaired) electrons. The maximum Gasteiger partial charge on any atom is 0.263 e. The molecule has 1 heterocycles. The lowest BCUT2D eigenvalue weighted by Gasteiger charge is -2.29. The zero-order chi connectivity index (χ0) is 20.9. The number of benzene rings is 2. The van der Waals surface area contributed by atoms with Gasteiger partial charge in [0.25, 0.3) is 5.91 Å². The van der Waals surface area contributed by atoms with E-state index in [9.17, 15) is 13.2 Å². The molecule has 2 atom stereocenters. The summed E-state index contributed by atoms with van der Waals surface area (Å²) < 4.78 is 38.9. The van der Waals surface area contributed by atoms with Gasteiger partial charge in [-0.3, -0.25) is 4.79 Å². The number of carbonyl (C=O) groups is 1. The van der Waals surface area contributed by atoms with E-state index in [2.05, 4.69) is 4.72 Å². The number of rotatable bonds is 7. The van der Waals surface area contributed by atoms with Crippen molar-refractivity contribution in [1.82, 2.24) is 9.62 Å². The van der Waals surface area contributed by atoms with Gasteiger partial charge in [-0.25, -0.2) is 13.1 Å². The minimum absolute atomic E-state index is 0.108. The molecule has 29 heavy (non-hydrogen) atoms. The molecule has 156 valence electrons. The second kappa shape index (κ2) is 9.39. The summed E-state index contributed by atoms with van der Waals surface area (Å²) >= 11 is 0. The highest BCUT2D eigenvalue weighted by atomic mass is 32.2. The first-order chi connectivity index (χ1) is 13.9. The molecule has 7 nitrogen and oxygen atoms in total. The Morgan fingerprint density at radius 1 is 1.03 bits per heavy atom. The predicted octanol–water partition coefficient (Wildman–Crippen LogP) is 2.35. The largest absolute Gasteiger partial charge is 0.481 e. The van der Waals surface area contributed by atoms with Crippen molar-refractivity contribution in [3.8, 4) is 5.75 Å². The molecule has 1 N–H and O–H groups in total. The van der Waals surface area contributed by atoms with Crippen LogP contribution in [0.4, 0.5) is 0 Å². The van der Waals surface area contributed by atoms with Gasteiger partial charge < -0.3 is 14.4 Å². The second-order valence-corrected chi connectivity index (χ2v) is 8.64. The Kier molecular flexibility index (Phi) is 6.89. The first-order valence-electron chi connectivity index (χ1n) is 9.57. The van der Waals surface area contributed by atoms with Crippen LogP contribution in [0, 0.1) is 0 Å². The summed E-state index contributed by atoms with van der Waals surface area (Å²) in [5, 5.41) is 0. The zero-order valence-corrected chi connectivity index (χ0v) is 17.4. The van der Waals surface area contributed by atoms with Gasteiger partial charge in [0, 0.05) is 19.1 Å². The van der Waals surface area contributed by atoms with Crippen LogP contribution in [-0.4, -0.2) is 51.6 Å². The summed E-state index contributed by atoms with van der Waals surface area (Å²) in [6.45, 7) is 5.64. The zero-order valence-electron chi connectivity index (χ0n) is 16.6. The fourth-order valence-corrected chi connectivity index (χ4v) is 4.34. The SMILES string of the molecule is C[C@H](Oc1ccc(S(=O)(=O)N[C@H](C)c2ccccc2)cc1)C(=O)N1CCOCC1. The van der Waals surface area contributed by atoms with Gasteiger partial charge in [0.05, 0.1) is 18.1 Å². The lowest BCUT2D eigenvalue weighted by Crippen LogP contribution is -2.46. The molecule has 0 bridgehead atoms. The van der Waals surface area contributed by atoms with E-state index in [4.69, 9.17) is 9.47 Å². The molecule has 3 rings (SSSR count). The first kappa shape index (κ1) is 21.3. The van der Waals surface area contributed by atoms with Crippen LogP contribution in [0.1, 0.15) is 25.5 Å². The molecule has 0 unspecified atom stereocenters. The molecule has 1 fully saturated rings. The van der Waals surface area contributed by atoms with E-state index < -0.39 is 16.1 Å². The summed E-state index contributed by atoms with van der Waals surface area (Å²) in [6.07, 6.45) is -0.660. The molecular formula is C21H26N2O5S. The molecule has 1 aliphatic rings. The topological polar surface area (TPSA) is 84.9 Å². The molecule has 0 aromatic heterocycles. The van der Waals surface area contributed by atoms with Gasteiger partial charge in [-0.1, -0.05) is 30.3 Å². The van der Waals surface area contributed by atoms with Crippen LogP contribution in [0.3, 0.4) is 0 Å². The van der Waals surface area contributed by atoms with Gasteiger partial charge in [-0.05, 0) is 43.7 Å². The van der Waals surface area contributed by atoms with E-state index >= 15 is 0 Å². The third-order valence-corrected chi connectivity index (χ3v) is 6.31. The van der Waals surface area contributed by atoms with Crippen molar-refractivity contribution in [2.24, 2.45) is 0 Å². The predicted molar refractivity (Wildman–Crippen MR) is 109 cm³/mol. The van der Waals surface area contributed by atoms with Crippen LogP contribution in [-0.2, 0) is 19.6 Å². The minimum atomic E-state index is -3.68. The number of hydrogen-bond donors (Lipinski definition) is 1. The number of carbonyl (C=O) groups excluding carboxylic acids is 1. The third kappa shape index (κ3) is 5.56. The van der Waals surface area contributed by atoms with Crippen molar-refractivity contribution < 1.29 is 22.7 Å². The van der Waals surface area contributed by atoms with Crippen LogP contribution < -0.4 is 9.46 Å². The van der Waals surface area contributed by atoms with Crippen molar-refractivity contribution in [3.05, 3.63) is 60.2 Å². The van der Waals surface area contributed by atoms with Gasteiger partial charge in [0.1, 0.15) is 5.75 Å². The molecule has 1 saturated heterocycles. The Morgan fingerprint density at radius 3 is 2.28 bits per heavy atom. The average Bonchev–Trinajstić information content (AvgIpc) is 2.74. The number of amides is 1. The molecule has 1 amide bonds. The van der Waals surface area contributed by atoms with Crippen molar-refractivity contribution in [2.75, 3.05) is 26.3 Å². The highest BCUT2D eigenvalue weighted by molar-refractivity contribution is 7.89. The second-order valence-electron chi connectivity index (χ2n) is 6.92. The van der Waals surface area contributed by atoms with Crippen molar-refractivity contribution in [1.29, 1.82) is 0 Å². The monoisotopic (exact) mass is 418 g/mol. The van der Waals surface area contributed by atoms with Crippen molar-refractivity contribution >= 4 is 15.9 Å². The Bertz CT molecular complexity index is 910. The molecule has 0 spiro atoms. The van der Waals surface area contributed by atoms with Crippen molar-refractivity contribution in [3.63, 3.8) is 0 Å². The Labute approximate surface area is 171 Å². The van der Waals surface area contributed by atoms with E-state index in [-0.39, 0.29) is 16.8 Å². The maximum atomic E-state index is 12.6. The number of sulfonamides is 1. The highest BCUT2D eigenvalue weighted by Gasteiger charge is 2.24. The lowest BCUT2D eigenvalue weighted by atomic mass is 10.1. The number of nitrogens with one attached hydrogen (secondary N) is 1. The summed E-state index contributed by atoms with van der Waals surface area (Å²) in [5.41, 5.74) is 0.881. The highest BCUT2D eigenvalue weighted by Crippen LogP contribution is 2.20. The first-order valence-corrected chi connectivity index (χ1v) is 11.1. The van der Waals surface area contributed by atoms with Crippen LogP contribution >= 0.6 is 0 Å². The van der Waals surface area contributed by atoms with Gasteiger partial charge >= 0.3 is 0 Å². The van der Waals surface area contributed by atoms with E-state index in [0.717, 1.165) is 5.56 Å². The molecule has 2 aromatic rings. The number of morpholine rings is 1. The molecule has 1 aliphatic heterocycles. The average molecular weight is 419 g/mol. The van der Waals surface area contributed by atoms with Crippen LogP contribution in [0.15, 0.2) is 59.5 Å². The quantitative estimate of drug-likeness (QED) is 0.746. The van der Waals surface area contributed by atoms with E-state index in [0.29, 0.717) is 32.1 Å². The fraction of sp³-hybridized carbons (Fsp3) is 0.381. The van der Waals surface area contributed by atoms with Gasteiger partial charge in [0.2, 0.25) is 10.0 Å². The van der Waals surface area contributed by atoms with Crippen LogP contribution in [0.5, 0.6) is 5.75 Å². The minimum Gasteiger partial charge on any atom is -0.481 e. The Balaban J connectivity index is 1.62. The van der Waals surface area contributed by atoms with Gasteiger partial charge in [0.15, 0.2) is 6.10 Å². The van der Waals surface area contributed by atoms with Gasteiger partial charge in [-0.2, -0.15) is 0 Å². The van der Waals surface area contributed by atoms with E-state index in [1.54, 1.807) is 30.9 Å². The molecular weight excluding hydrogens is 392 g/mol. The third-order valence-electron chi connectivity index (χ3n) is 4.75. The van der Waals surface area contributed by atoms with Crippen molar-refractivity contribution in [2.45, 2.75) is 30.9 Å². The fourth-order valence-electron chi connectivity index (χ4n) is 3.10. The molecule has 0 saturated carbocycles. The van der Waals surface area contributed by atoms with Crippen LogP contribution in [0.2, 0.25) is 0 Å². The Hall–Kier alpha value is -2.42. The number of ether oxygens (including phenoxy) is 2. The Morgan fingerprint density at radius 2 is 1.66 bits per heavy atom. The molecule has 0 aliphatic carbocycles. The molecule has 8 heteroatoms. The van der Waals surface area contributed by atoms with Crippen LogP contribution in [0.25, 0.3) is 0 Å². The summed E-state index contributed by atoms with van der Waals surface area (Å²) in [6, 6.07) is 15.1. The summed E-state index contributed by atoms with van der Waals surface area (Å²) in [5.74, 6) is 0.331. The molecule has 2 aromatic carbocycles.